The Morgan fingerprint density at radius 1 is 0.970 bits per heavy atom. The van der Waals surface area contributed by atoms with Gasteiger partial charge in [-0.25, -0.2) is 13.6 Å². The van der Waals surface area contributed by atoms with Gasteiger partial charge in [0.25, 0.3) is 5.91 Å². The van der Waals surface area contributed by atoms with Gasteiger partial charge in [0.05, 0.1) is 23.1 Å². The van der Waals surface area contributed by atoms with Crippen LogP contribution in [-0.4, -0.2) is 15.5 Å². The Bertz CT molecular complexity index is 1390. The van der Waals surface area contributed by atoms with Crippen molar-refractivity contribution in [2.24, 2.45) is 0 Å². The number of aromatic nitrogens is 2. The lowest BCUT2D eigenvalue weighted by molar-refractivity contribution is -0.138. The minimum absolute atomic E-state index is 0.0821. The fraction of sp³-hybridized carbons (Fsp3) is 0.130. The van der Waals surface area contributed by atoms with E-state index in [1.165, 1.54) is 41.0 Å². The number of aromatic amines is 1. The van der Waals surface area contributed by atoms with Gasteiger partial charge in [-0.2, -0.15) is 13.2 Å². The molecule has 1 amide bonds. The molecule has 33 heavy (non-hydrogen) atoms. The summed E-state index contributed by atoms with van der Waals surface area (Å²) in [5, 5.41) is 2.45. The molecule has 0 aliphatic rings. The second-order valence-electron chi connectivity index (χ2n) is 7.36. The monoisotopic (exact) mass is 461 g/mol. The normalized spacial score (nSPS) is 11.7. The van der Waals surface area contributed by atoms with E-state index in [0.29, 0.717) is 11.0 Å². The van der Waals surface area contributed by atoms with Crippen molar-refractivity contribution < 1.29 is 26.7 Å². The van der Waals surface area contributed by atoms with E-state index in [-0.39, 0.29) is 29.8 Å². The van der Waals surface area contributed by atoms with Crippen molar-refractivity contribution in [2.45, 2.75) is 19.3 Å². The summed E-state index contributed by atoms with van der Waals surface area (Å²) in [5.74, 6) is -2.18. The molecule has 170 valence electrons. The number of H-pyrrole nitrogens is 1. The lowest BCUT2D eigenvalue weighted by atomic mass is 10.1. The van der Waals surface area contributed by atoms with E-state index in [1.807, 2.05) is 0 Å². The molecular weight excluding hydrogens is 445 g/mol. The summed E-state index contributed by atoms with van der Waals surface area (Å²) < 4.78 is 67.5. The number of carbonyl (C=O) groups excluding carboxylic acids is 1. The highest BCUT2D eigenvalue weighted by Crippen LogP contribution is 2.31. The second-order valence-corrected chi connectivity index (χ2v) is 7.36. The molecule has 2 N–H and O–H groups in total. The number of carbonyl (C=O) groups is 1. The average Bonchev–Trinajstić information content (AvgIpc) is 3.05. The minimum atomic E-state index is -4.55. The molecule has 0 saturated carbocycles. The summed E-state index contributed by atoms with van der Waals surface area (Å²) >= 11 is 0. The van der Waals surface area contributed by atoms with Crippen LogP contribution in [0.5, 0.6) is 0 Å². The first-order valence-electron chi connectivity index (χ1n) is 9.72. The third kappa shape index (κ3) is 4.79. The first kappa shape index (κ1) is 22.3. The van der Waals surface area contributed by atoms with E-state index >= 15 is 0 Å². The highest BCUT2D eigenvalue weighted by molar-refractivity contribution is 5.97. The summed E-state index contributed by atoms with van der Waals surface area (Å²) in [6.45, 7) is -0.442. The molecule has 0 spiro atoms. The molecule has 1 aromatic heterocycles. The molecule has 0 unspecified atom stereocenters. The molecule has 3 aromatic carbocycles. The van der Waals surface area contributed by atoms with E-state index in [4.69, 9.17) is 0 Å². The molecule has 0 aliphatic carbocycles. The van der Waals surface area contributed by atoms with Crippen LogP contribution < -0.4 is 11.0 Å². The Kier molecular flexibility index (Phi) is 5.75. The quantitative estimate of drug-likeness (QED) is 0.427. The van der Waals surface area contributed by atoms with Crippen molar-refractivity contribution in [3.63, 3.8) is 0 Å². The lowest BCUT2D eigenvalue weighted by Gasteiger charge is -2.13. The van der Waals surface area contributed by atoms with Crippen molar-refractivity contribution >= 4 is 16.9 Å². The molecule has 0 bridgehead atoms. The molecule has 5 nitrogen and oxygen atoms in total. The molecular formula is C23H16F5N3O2. The molecule has 0 aliphatic heterocycles. The van der Waals surface area contributed by atoms with Crippen LogP contribution in [0.4, 0.5) is 22.0 Å². The summed E-state index contributed by atoms with van der Waals surface area (Å²) in [6, 6.07) is 12.1. The minimum Gasteiger partial charge on any atom is -0.348 e. The molecule has 4 rings (SSSR count). The number of halogens is 5. The average molecular weight is 461 g/mol. The van der Waals surface area contributed by atoms with Crippen LogP contribution in [0.25, 0.3) is 11.0 Å². The Labute approximate surface area is 183 Å². The third-order valence-electron chi connectivity index (χ3n) is 5.06. The number of hydrogen-bond donors (Lipinski definition) is 2. The maximum absolute atomic E-state index is 13.5. The number of amides is 1. The van der Waals surface area contributed by atoms with Gasteiger partial charge in [-0.05, 0) is 47.5 Å². The highest BCUT2D eigenvalue weighted by Gasteiger charge is 2.32. The zero-order valence-electron chi connectivity index (χ0n) is 16.8. The van der Waals surface area contributed by atoms with Crippen LogP contribution in [0.1, 0.15) is 27.0 Å². The Balaban J connectivity index is 1.56. The second kappa shape index (κ2) is 8.53. The van der Waals surface area contributed by atoms with Gasteiger partial charge in [-0.3, -0.25) is 9.36 Å². The Hall–Kier alpha value is -3.95. The number of imidazole rings is 1. The van der Waals surface area contributed by atoms with Crippen molar-refractivity contribution in [2.75, 3.05) is 0 Å². The van der Waals surface area contributed by atoms with E-state index < -0.39 is 35.0 Å². The van der Waals surface area contributed by atoms with Gasteiger partial charge in [-0.15, -0.1) is 0 Å². The number of rotatable bonds is 5. The van der Waals surface area contributed by atoms with Crippen molar-refractivity contribution in [1.29, 1.82) is 0 Å². The summed E-state index contributed by atoms with van der Waals surface area (Å²) in [6.07, 6.45) is -4.55. The number of hydrogen-bond acceptors (Lipinski definition) is 2. The number of benzene rings is 3. The van der Waals surface area contributed by atoms with Crippen LogP contribution in [0.2, 0.25) is 0 Å². The summed E-state index contributed by atoms with van der Waals surface area (Å²) in [7, 11) is 0. The zero-order valence-corrected chi connectivity index (χ0v) is 16.8. The summed E-state index contributed by atoms with van der Waals surface area (Å²) in [4.78, 5) is 27.4. The molecule has 4 aromatic rings. The molecule has 1 heterocycles. The molecule has 0 saturated heterocycles. The first-order valence-corrected chi connectivity index (χ1v) is 9.72. The number of alkyl halides is 3. The topological polar surface area (TPSA) is 66.9 Å². The van der Waals surface area contributed by atoms with Crippen molar-refractivity contribution in [3.8, 4) is 0 Å². The molecule has 0 radical (unpaired) electrons. The van der Waals surface area contributed by atoms with Gasteiger partial charge in [0.2, 0.25) is 0 Å². The maximum atomic E-state index is 13.5. The molecule has 0 atom stereocenters. The molecule has 0 fully saturated rings. The van der Waals surface area contributed by atoms with Crippen LogP contribution >= 0.6 is 0 Å². The Morgan fingerprint density at radius 3 is 2.36 bits per heavy atom. The fourth-order valence-electron chi connectivity index (χ4n) is 3.58. The van der Waals surface area contributed by atoms with Crippen LogP contribution in [0, 0.1) is 11.6 Å². The maximum Gasteiger partial charge on any atom is 0.416 e. The number of nitrogens with one attached hydrogen (secondary N) is 2. The lowest BCUT2D eigenvalue weighted by Crippen LogP contribution is -2.24. The SMILES string of the molecule is O=C(NCc1ccccc1C(F)(F)F)c1ccc2c(c1)[nH]c(=O)n2Cc1cc(F)cc(F)c1. The fourth-order valence-corrected chi connectivity index (χ4v) is 3.58. The van der Waals surface area contributed by atoms with Gasteiger partial charge >= 0.3 is 11.9 Å². The van der Waals surface area contributed by atoms with Gasteiger partial charge in [0, 0.05) is 18.2 Å². The van der Waals surface area contributed by atoms with E-state index in [2.05, 4.69) is 10.3 Å². The van der Waals surface area contributed by atoms with E-state index in [1.54, 1.807) is 0 Å². The van der Waals surface area contributed by atoms with E-state index in [0.717, 1.165) is 24.3 Å². The zero-order chi connectivity index (χ0) is 23.8. The predicted octanol–water partition coefficient (Wildman–Crippen LogP) is 4.60. The Morgan fingerprint density at radius 2 is 1.67 bits per heavy atom. The molecule has 10 heteroatoms. The van der Waals surface area contributed by atoms with E-state index in [9.17, 15) is 31.5 Å². The van der Waals surface area contributed by atoms with Crippen LogP contribution in [0.15, 0.2) is 65.5 Å². The smallest absolute Gasteiger partial charge is 0.348 e. The first-order chi connectivity index (χ1) is 15.6. The van der Waals surface area contributed by atoms with Gasteiger partial charge < -0.3 is 10.3 Å². The standard InChI is InChI=1S/C23H16F5N3O2/c24-16-7-13(8-17(25)10-16)12-31-20-6-5-14(9-19(20)30-22(31)33)21(32)29-11-15-3-1-2-4-18(15)23(26,27)28/h1-10H,11-12H2,(H,29,32)(H,30,33). The number of nitrogens with zero attached hydrogens (tertiary/aromatic N) is 1. The summed E-state index contributed by atoms with van der Waals surface area (Å²) in [5.41, 5.74) is -0.426. The number of fused-ring (bicyclic) bond motifs is 1. The largest absolute Gasteiger partial charge is 0.416 e. The highest BCUT2D eigenvalue weighted by atomic mass is 19.4. The van der Waals surface area contributed by atoms with Crippen LogP contribution in [-0.2, 0) is 19.3 Å². The van der Waals surface area contributed by atoms with Crippen LogP contribution in [0.3, 0.4) is 0 Å². The van der Waals surface area contributed by atoms with Crippen molar-refractivity contribution in [1.82, 2.24) is 14.9 Å². The van der Waals surface area contributed by atoms with Gasteiger partial charge in [0.15, 0.2) is 0 Å². The van der Waals surface area contributed by atoms with Gasteiger partial charge in [0.1, 0.15) is 11.6 Å². The predicted molar refractivity (Wildman–Crippen MR) is 111 cm³/mol. The van der Waals surface area contributed by atoms with Crippen molar-refractivity contribution in [3.05, 3.63) is 105 Å². The van der Waals surface area contributed by atoms with Gasteiger partial charge in [-0.1, -0.05) is 18.2 Å². The third-order valence-corrected chi connectivity index (χ3v) is 5.06.